The fraction of sp³-hybridized carbons (Fsp3) is 0.364. The number of imidazole rings is 2. The number of benzene rings is 1. The van der Waals surface area contributed by atoms with Gasteiger partial charge in [0.15, 0.2) is 24.7 Å². The fourth-order valence-electron chi connectivity index (χ4n) is 5.26. The Labute approximate surface area is 193 Å². The normalized spacial score (nSPS) is 21.4. The summed E-state index contributed by atoms with van der Waals surface area (Å²) in [5, 5.41) is 0. The summed E-state index contributed by atoms with van der Waals surface area (Å²) in [6.45, 7) is 6.10. The molecule has 2 aliphatic heterocycles. The highest BCUT2D eigenvalue weighted by Crippen LogP contribution is 2.43. The van der Waals surface area contributed by atoms with Crippen LogP contribution < -0.4 is 13.9 Å². The maximum atomic E-state index is 11.8. The van der Waals surface area contributed by atoms with E-state index in [1.54, 1.807) is 26.0 Å². The van der Waals surface area contributed by atoms with Gasteiger partial charge in [0, 0.05) is 11.3 Å². The number of aromatic nitrogens is 4. The number of anilines is 1. The van der Waals surface area contributed by atoms with Crippen molar-refractivity contribution in [2.45, 2.75) is 52.9 Å². The fourth-order valence-corrected chi connectivity index (χ4v) is 5.60. The van der Waals surface area contributed by atoms with Crippen molar-refractivity contribution in [2.24, 2.45) is 0 Å². The summed E-state index contributed by atoms with van der Waals surface area (Å²) in [6.07, 6.45) is 7.99. The first kappa shape index (κ1) is 21.7. The first-order valence-electron chi connectivity index (χ1n) is 10.8. The lowest BCUT2D eigenvalue weighted by molar-refractivity contribution is -0.993. The Bertz CT molecular complexity index is 1210. The summed E-state index contributed by atoms with van der Waals surface area (Å²) < 4.78 is 31.8. The Balaban J connectivity index is 1.53. The van der Waals surface area contributed by atoms with Gasteiger partial charge in [0.1, 0.15) is 44.4 Å². The zero-order chi connectivity index (χ0) is 23.3. The monoisotopic (exact) mass is 471 g/mol. The third-order valence-corrected chi connectivity index (χ3v) is 6.83. The first-order chi connectivity index (χ1) is 15.8. The molecule has 3 aromatic rings. The maximum absolute atomic E-state index is 11.8. The molecule has 10 nitrogen and oxygen atoms in total. The molecule has 0 amide bonds. The average molecular weight is 472 g/mol. The van der Waals surface area contributed by atoms with E-state index in [1.165, 1.54) is 0 Å². The van der Waals surface area contributed by atoms with Crippen molar-refractivity contribution in [3.05, 3.63) is 66.3 Å². The number of hydrogen-bond acceptors (Lipinski definition) is 3. The van der Waals surface area contributed by atoms with Gasteiger partial charge < -0.3 is 0 Å². The number of hydrogen-bond donors (Lipinski definition) is 2. The van der Waals surface area contributed by atoms with Crippen molar-refractivity contribution >= 4 is 28.5 Å². The molecule has 0 bridgehead atoms. The van der Waals surface area contributed by atoms with Crippen LogP contribution in [0.25, 0.3) is 0 Å². The van der Waals surface area contributed by atoms with Crippen LogP contribution in [0.5, 0.6) is 0 Å². The summed E-state index contributed by atoms with van der Waals surface area (Å²) in [7, 11) is 0. The summed E-state index contributed by atoms with van der Waals surface area (Å²) in [5.74, 6) is 2.42. The Kier molecular flexibility index (Phi) is 5.26. The molecule has 0 radical (unpaired) electrons. The topological polar surface area (TPSA) is 101 Å². The average Bonchev–Trinajstić information content (AvgIpc) is 3.42. The first-order valence-corrected chi connectivity index (χ1v) is 11.9. The third-order valence-electron chi connectivity index (χ3n) is 6.42. The van der Waals surface area contributed by atoms with Gasteiger partial charge in [-0.05, 0) is 26.0 Å². The molecule has 11 heteroatoms. The summed E-state index contributed by atoms with van der Waals surface area (Å²) in [4.78, 5) is 23.6. The smallest absolute Gasteiger partial charge is 0.296 e. The van der Waals surface area contributed by atoms with Gasteiger partial charge in [-0.3, -0.25) is 18.9 Å². The molecule has 1 aromatic carbocycles. The lowest BCUT2D eigenvalue weighted by Crippen LogP contribution is -2.47. The largest absolute Gasteiger partial charge is 0.381 e. The minimum atomic E-state index is -2.11. The second-order valence-electron chi connectivity index (χ2n) is 8.99. The van der Waals surface area contributed by atoms with Gasteiger partial charge in [0.05, 0.1) is 0 Å². The molecule has 0 aliphatic carbocycles. The molecule has 1 unspecified atom stereocenters. The van der Waals surface area contributed by atoms with Crippen LogP contribution in [-0.2, 0) is 53.6 Å². The van der Waals surface area contributed by atoms with E-state index >= 15 is 0 Å². The zero-order valence-corrected chi connectivity index (χ0v) is 19.4. The lowest BCUT2D eigenvalue weighted by atomic mass is 10.1. The van der Waals surface area contributed by atoms with E-state index in [2.05, 4.69) is 13.9 Å². The highest BCUT2D eigenvalue weighted by Gasteiger charge is 2.63. The second-order valence-corrected chi connectivity index (χ2v) is 9.69. The molecule has 33 heavy (non-hydrogen) atoms. The predicted molar refractivity (Wildman–Crippen MR) is 117 cm³/mol. The zero-order valence-electron chi connectivity index (χ0n) is 18.5. The Morgan fingerprint density at radius 1 is 1.03 bits per heavy atom. The quantitative estimate of drug-likeness (QED) is 0.286. The van der Waals surface area contributed by atoms with Crippen LogP contribution in [0.4, 0.5) is 5.69 Å². The number of nitrogens with one attached hydrogen (secondary N) is 1. The Hall–Kier alpha value is -3.15. The van der Waals surface area contributed by atoms with Crippen molar-refractivity contribution in [2.75, 3.05) is 4.72 Å². The van der Waals surface area contributed by atoms with Crippen molar-refractivity contribution in [3.63, 3.8) is 0 Å². The van der Waals surface area contributed by atoms with Gasteiger partial charge in [0.25, 0.3) is 11.3 Å². The molecule has 0 saturated carbocycles. The number of carbonyl (C=O) groups excluding carboxylic acids is 2. The molecule has 1 atom stereocenters. The van der Waals surface area contributed by atoms with E-state index in [4.69, 9.17) is 4.55 Å². The van der Waals surface area contributed by atoms with Crippen LogP contribution in [-0.4, -0.2) is 33.9 Å². The summed E-state index contributed by atoms with van der Waals surface area (Å²) in [5.41, 5.74) is 1.68. The molecule has 2 N–H and O–H groups in total. The van der Waals surface area contributed by atoms with Gasteiger partial charge in [-0.2, -0.15) is 0 Å². The number of Topliss-reactive ketones (excluding diaryl/α,β-unsaturated/α-hetero) is 2. The van der Waals surface area contributed by atoms with E-state index < -0.39 is 11.3 Å². The highest BCUT2D eigenvalue weighted by molar-refractivity contribution is 7.80. The Morgan fingerprint density at radius 2 is 1.55 bits per heavy atom. The van der Waals surface area contributed by atoms with Crippen LogP contribution in [0.3, 0.4) is 0 Å². The number of ketones is 2. The maximum Gasteiger partial charge on any atom is 0.381 e. The van der Waals surface area contributed by atoms with Gasteiger partial charge in [0.2, 0.25) is 0 Å². The molecule has 5 rings (SSSR count). The molecule has 0 saturated heterocycles. The number of carbonyl (C=O) groups is 2. The number of nitrogens with zero attached hydrogens (tertiary/aromatic N) is 5. The minimum Gasteiger partial charge on any atom is -0.296 e. The van der Waals surface area contributed by atoms with Crippen molar-refractivity contribution in [1.29, 1.82) is 0 Å². The highest BCUT2D eigenvalue weighted by atomic mass is 32.2. The van der Waals surface area contributed by atoms with Crippen LogP contribution in [0, 0.1) is 0 Å². The molecular formula is C22H27N6O4S+3. The lowest BCUT2D eigenvalue weighted by Gasteiger charge is -2.28. The van der Waals surface area contributed by atoms with E-state index in [0.717, 1.165) is 36.8 Å². The molecule has 4 heterocycles. The molecule has 2 aromatic heterocycles. The van der Waals surface area contributed by atoms with Gasteiger partial charge in [-0.1, -0.05) is 12.1 Å². The molecule has 172 valence electrons. The van der Waals surface area contributed by atoms with E-state index in [1.807, 2.05) is 46.1 Å². The molecule has 2 aliphatic rings. The number of rotatable bonds is 8. The number of fused-ring (bicyclic) bond motifs is 5. The summed E-state index contributed by atoms with van der Waals surface area (Å²) >= 11 is -2.11. The van der Waals surface area contributed by atoms with E-state index in [-0.39, 0.29) is 17.9 Å². The predicted octanol–water partition coefficient (Wildman–Crippen LogP) is 0.640. The van der Waals surface area contributed by atoms with Gasteiger partial charge in [-0.25, -0.2) is 17.8 Å². The van der Waals surface area contributed by atoms with Crippen LogP contribution in [0.1, 0.15) is 37.3 Å². The summed E-state index contributed by atoms with van der Waals surface area (Å²) in [6, 6.07) is 7.53. The van der Waals surface area contributed by atoms with Crippen molar-refractivity contribution < 1.29 is 32.0 Å². The molecular weight excluding hydrogens is 444 g/mol. The van der Waals surface area contributed by atoms with Crippen LogP contribution in [0.15, 0.2) is 49.1 Å². The number of quaternary nitrogens is 1. The second kappa shape index (κ2) is 8.01. The molecule has 0 fully saturated rings. The van der Waals surface area contributed by atoms with Gasteiger partial charge in [-0.15, -0.1) is 9.13 Å². The van der Waals surface area contributed by atoms with Gasteiger partial charge >= 0.3 is 17.9 Å². The van der Waals surface area contributed by atoms with E-state index in [9.17, 15) is 13.8 Å². The Morgan fingerprint density at radius 3 is 2.00 bits per heavy atom. The standard InChI is InChI=1S/C22H26N6O4S/c1-16(29)11-24-7-9-26-20(24)14-28(13-18-3-5-19(6-4-18)23-33(31)32)15-21-25(12-17(2)30)8-10-27(21)22(26)28/h3-10,22-23H,11-15H2,1-2H3/q+2/p+1. The molecule has 0 spiro atoms. The minimum absolute atomic E-state index is 0.0147. The van der Waals surface area contributed by atoms with E-state index in [0.29, 0.717) is 23.3 Å². The van der Waals surface area contributed by atoms with Crippen LogP contribution in [0.2, 0.25) is 0 Å². The van der Waals surface area contributed by atoms with Crippen LogP contribution >= 0.6 is 0 Å². The van der Waals surface area contributed by atoms with Crippen molar-refractivity contribution in [1.82, 2.24) is 9.13 Å². The SMILES string of the molecule is CC(=O)C[n+]1ccn2c1C[N+]1(Cc3ccc(NS(=O)O)cc3)Cc3n(cc[n+]3CC(C)=O)C21. The van der Waals surface area contributed by atoms with Crippen molar-refractivity contribution in [3.8, 4) is 0 Å². The third kappa shape index (κ3) is 3.81.